The number of carbonyl (C=O) groups is 5. The predicted molar refractivity (Wildman–Crippen MR) is 126 cm³/mol. The lowest BCUT2D eigenvalue weighted by molar-refractivity contribution is -0.160. The fourth-order valence-electron chi connectivity index (χ4n) is 2.91. The third-order valence-corrected chi connectivity index (χ3v) is 6.82. The van der Waals surface area contributed by atoms with Gasteiger partial charge < -0.3 is 30.2 Å². The van der Waals surface area contributed by atoms with Crippen molar-refractivity contribution in [1.82, 2.24) is 15.2 Å². The average molecular weight is 546 g/mol. The molecule has 188 valence electrons. The lowest BCUT2D eigenvalue weighted by Gasteiger charge is -2.46. The molecule has 35 heavy (non-hydrogen) atoms. The van der Waals surface area contributed by atoms with Crippen molar-refractivity contribution in [2.75, 3.05) is 17.7 Å². The Hall–Kier alpha value is -3.17. The number of anilines is 1. The number of thioether (sulfide) groups is 1. The molecule has 3 N–H and O–H groups in total. The standard InChI is InChI=1S/C19H20ClN5O8S2/c1-19(2,3)33-9(27)5-32-24-11(10-13(20)35-18(23-10)21-7-26)14(28)22-12-15(29)25-4-8(17(30)31)6-34-16(12)25/h4,7,12,16H,5-6H2,1-3H3,(H,22,28)(H,30,31)(H,21,23,26)/t12?,16-/m1/s1. The van der Waals surface area contributed by atoms with Crippen LogP contribution < -0.4 is 10.6 Å². The number of nitrogens with one attached hydrogen (secondary N) is 2. The molecule has 2 aliphatic rings. The van der Waals surface area contributed by atoms with Crippen molar-refractivity contribution in [3.63, 3.8) is 0 Å². The highest BCUT2D eigenvalue weighted by molar-refractivity contribution is 8.00. The van der Waals surface area contributed by atoms with E-state index in [1.165, 1.54) is 22.9 Å². The number of oxime groups is 1. The number of hydrogen-bond donors (Lipinski definition) is 3. The SMILES string of the molecule is CC(C)(C)OC(=O)CON=C(C(=O)NC1C(=O)N2C=C(C(=O)O)CS[C@H]12)c1nc(NC=O)sc1Cl. The number of carbonyl (C=O) groups excluding carboxylic acids is 4. The number of amides is 3. The Balaban J connectivity index is 1.78. The maximum atomic E-state index is 13.1. The van der Waals surface area contributed by atoms with Crippen molar-refractivity contribution < 1.29 is 38.7 Å². The molecule has 0 bridgehead atoms. The molecular formula is C19H20ClN5O8S2. The van der Waals surface area contributed by atoms with E-state index >= 15 is 0 Å². The minimum Gasteiger partial charge on any atom is -0.478 e. The van der Waals surface area contributed by atoms with E-state index in [2.05, 4.69) is 20.8 Å². The molecule has 1 unspecified atom stereocenters. The molecular weight excluding hydrogens is 526 g/mol. The highest BCUT2D eigenvalue weighted by Crippen LogP contribution is 2.36. The number of nitrogens with zero attached hydrogens (tertiary/aromatic N) is 3. The summed E-state index contributed by atoms with van der Waals surface area (Å²) in [7, 11) is 0. The van der Waals surface area contributed by atoms with Crippen molar-refractivity contribution in [2.45, 2.75) is 37.8 Å². The fourth-order valence-corrected chi connectivity index (χ4v) is 5.17. The summed E-state index contributed by atoms with van der Waals surface area (Å²) >= 11 is 8.19. The largest absolute Gasteiger partial charge is 0.478 e. The highest BCUT2D eigenvalue weighted by Gasteiger charge is 2.50. The third-order valence-electron chi connectivity index (χ3n) is 4.31. The van der Waals surface area contributed by atoms with Gasteiger partial charge in [0, 0.05) is 12.0 Å². The zero-order valence-electron chi connectivity index (χ0n) is 18.6. The number of ether oxygens (including phenoxy) is 1. The van der Waals surface area contributed by atoms with E-state index in [9.17, 15) is 24.0 Å². The summed E-state index contributed by atoms with van der Waals surface area (Å²) in [6.45, 7) is 4.38. The van der Waals surface area contributed by atoms with E-state index in [-0.39, 0.29) is 26.5 Å². The monoisotopic (exact) mass is 545 g/mol. The van der Waals surface area contributed by atoms with Gasteiger partial charge in [-0.15, -0.1) is 11.8 Å². The van der Waals surface area contributed by atoms with Gasteiger partial charge in [-0.05, 0) is 20.8 Å². The second-order valence-electron chi connectivity index (χ2n) is 8.06. The van der Waals surface area contributed by atoms with Crippen LogP contribution in [0.4, 0.5) is 5.13 Å². The summed E-state index contributed by atoms with van der Waals surface area (Å²) in [5.74, 6) is -3.13. The number of β-lactam (4-membered cyclic amide) rings is 1. The minimum atomic E-state index is -1.13. The summed E-state index contributed by atoms with van der Waals surface area (Å²) in [4.78, 5) is 69.6. The predicted octanol–water partition coefficient (Wildman–Crippen LogP) is 0.796. The molecule has 16 heteroatoms. The first kappa shape index (κ1) is 26.4. The maximum Gasteiger partial charge on any atom is 0.347 e. The van der Waals surface area contributed by atoms with E-state index < -0.39 is 53.1 Å². The molecule has 13 nitrogen and oxygen atoms in total. The van der Waals surface area contributed by atoms with E-state index in [1.54, 1.807) is 20.8 Å². The van der Waals surface area contributed by atoms with Crippen molar-refractivity contribution in [2.24, 2.45) is 5.16 Å². The van der Waals surface area contributed by atoms with Gasteiger partial charge in [-0.3, -0.25) is 14.4 Å². The van der Waals surface area contributed by atoms with Crippen molar-refractivity contribution >= 4 is 75.7 Å². The summed E-state index contributed by atoms with van der Waals surface area (Å²) in [6, 6.07) is -0.972. The Bertz CT molecular complexity index is 1130. The Labute approximate surface area is 211 Å². The van der Waals surface area contributed by atoms with Crippen LogP contribution in [-0.4, -0.2) is 80.2 Å². The zero-order valence-corrected chi connectivity index (χ0v) is 21.0. The molecule has 1 saturated heterocycles. The molecule has 3 rings (SSSR count). The first-order chi connectivity index (χ1) is 16.4. The van der Waals surface area contributed by atoms with Gasteiger partial charge in [-0.2, -0.15) is 0 Å². The van der Waals surface area contributed by atoms with Crippen LogP contribution in [0, 0.1) is 0 Å². The second-order valence-corrected chi connectivity index (χ2v) is 10.8. The molecule has 2 aliphatic heterocycles. The highest BCUT2D eigenvalue weighted by atomic mass is 35.5. The average Bonchev–Trinajstić information content (AvgIpc) is 3.12. The lowest BCUT2D eigenvalue weighted by atomic mass is 10.1. The van der Waals surface area contributed by atoms with Gasteiger partial charge in [0.15, 0.2) is 10.8 Å². The Kier molecular flexibility index (Phi) is 8.02. The van der Waals surface area contributed by atoms with Crippen molar-refractivity contribution in [3.05, 3.63) is 21.8 Å². The molecule has 2 atom stereocenters. The van der Waals surface area contributed by atoms with Gasteiger partial charge >= 0.3 is 11.9 Å². The molecule has 0 spiro atoms. The van der Waals surface area contributed by atoms with Gasteiger partial charge in [-0.1, -0.05) is 28.1 Å². The number of rotatable bonds is 9. The summed E-state index contributed by atoms with van der Waals surface area (Å²) in [5.41, 5.74) is -1.29. The summed E-state index contributed by atoms with van der Waals surface area (Å²) in [6.07, 6.45) is 1.61. The minimum absolute atomic E-state index is 0.00763. The number of thiazole rings is 1. The van der Waals surface area contributed by atoms with Crippen LogP contribution in [-0.2, 0) is 33.5 Å². The van der Waals surface area contributed by atoms with E-state index in [4.69, 9.17) is 26.3 Å². The molecule has 1 aromatic heterocycles. The van der Waals surface area contributed by atoms with Crippen LogP contribution in [0.2, 0.25) is 4.34 Å². The Morgan fingerprint density at radius 2 is 2.11 bits per heavy atom. The number of halogens is 1. The van der Waals surface area contributed by atoms with Gasteiger partial charge in [-0.25, -0.2) is 14.6 Å². The van der Waals surface area contributed by atoms with Crippen LogP contribution in [0.3, 0.4) is 0 Å². The second kappa shape index (κ2) is 10.6. The molecule has 1 aromatic rings. The number of hydrogen-bond acceptors (Lipinski definition) is 11. The number of carboxylic acids is 1. The van der Waals surface area contributed by atoms with Crippen LogP contribution in [0.5, 0.6) is 0 Å². The molecule has 0 saturated carbocycles. The number of carboxylic acid groups (broad SMARTS) is 1. The lowest BCUT2D eigenvalue weighted by Crippen LogP contribution is -2.69. The van der Waals surface area contributed by atoms with Crippen molar-refractivity contribution in [3.8, 4) is 0 Å². The normalized spacial score (nSPS) is 19.7. The molecule has 0 aromatic carbocycles. The van der Waals surface area contributed by atoms with Gasteiger partial charge in [0.05, 0.1) is 5.57 Å². The van der Waals surface area contributed by atoms with Gasteiger partial charge in [0.25, 0.3) is 11.8 Å². The molecule has 1 fully saturated rings. The van der Waals surface area contributed by atoms with E-state index in [0.29, 0.717) is 6.41 Å². The Morgan fingerprint density at radius 3 is 2.74 bits per heavy atom. The van der Waals surface area contributed by atoms with Gasteiger partial charge in [0.1, 0.15) is 27.0 Å². The third kappa shape index (κ3) is 6.29. The van der Waals surface area contributed by atoms with E-state index in [1.807, 2.05) is 0 Å². The molecule has 0 aliphatic carbocycles. The summed E-state index contributed by atoms with van der Waals surface area (Å²) < 4.78 is 5.11. The number of aliphatic carboxylic acids is 1. The molecule has 3 heterocycles. The van der Waals surface area contributed by atoms with Crippen LogP contribution in [0.25, 0.3) is 0 Å². The number of aromatic nitrogens is 1. The van der Waals surface area contributed by atoms with Crippen LogP contribution >= 0.6 is 34.7 Å². The van der Waals surface area contributed by atoms with Crippen LogP contribution in [0.1, 0.15) is 26.5 Å². The van der Waals surface area contributed by atoms with E-state index in [0.717, 1.165) is 11.3 Å². The Morgan fingerprint density at radius 1 is 1.40 bits per heavy atom. The first-order valence-electron chi connectivity index (χ1n) is 9.88. The zero-order chi connectivity index (χ0) is 25.9. The number of esters is 1. The van der Waals surface area contributed by atoms with Crippen LogP contribution in [0.15, 0.2) is 16.9 Å². The molecule has 3 amide bonds. The number of fused-ring (bicyclic) bond motifs is 1. The molecule has 0 radical (unpaired) electrons. The quantitative estimate of drug-likeness (QED) is 0.132. The van der Waals surface area contributed by atoms with Crippen molar-refractivity contribution in [1.29, 1.82) is 0 Å². The first-order valence-corrected chi connectivity index (χ1v) is 12.1. The fraction of sp³-hybridized carbons (Fsp3) is 0.421. The topological polar surface area (TPSA) is 177 Å². The summed E-state index contributed by atoms with van der Waals surface area (Å²) in [5, 5.41) is 17.2. The smallest absolute Gasteiger partial charge is 0.347 e. The maximum absolute atomic E-state index is 13.1. The van der Waals surface area contributed by atoms with Gasteiger partial charge in [0.2, 0.25) is 13.0 Å².